The summed E-state index contributed by atoms with van der Waals surface area (Å²) in [6.45, 7) is 1.73. The van der Waals surface area contributed by atoms with Gasteiger partial charge in [-0.3, -0.25) is 0 Å². The molecule has 2 heterocycles. The number of halogens is 1. The summed E-state index contributed by atoms with van der Waals surface area (Å²) < 4.78 is 6.24. The molecule has 4 heteroatoms. The molecule has 2 rings (SSSR count). The second-order valence-corrected chi connectivity index (χ2v) is 4.72. The number of rotatable bonds is 1. The summed E-state index contributed by atoms with van der Waals surface area (Å²) in [7, 11) is 0. The van der Waals surface area contributed by atoms with E-state index < -0.39 is 0 Å². The van der Waals surface area contributed by atoms with Crippen molar-refractivity contribution in [3.8, 4) is 0 Å². The van der Waals surface area contributed by atoms with Gasteiger partial charge in [0.25, 0.3) is 0 Å². The summed E-state index contributed by atoms with van der Waals surface area (Å²) in [4.78, 5) is 4.35. The molecular formula is C7H8BrNOS. The first-order valence-corrected chi connectivity index (χ1v) is 5.22. The van der Waals surface area contributed by atoms with Crippen LogP contribution in [0.15, 0.2) is 9.30 Å². The van der Waals surface area contributed by atoms with Crippen LogP contribution in [0, 0.1) is 0 Å². The lowest BCUT2D eigenvalue weighted by molar-refractivity contribution is 0.193. The predicted octanol–water partition coefficient (Wildman–Crippen LogP) is 2.41. The minimum atomic E-state index is 0.539. The first-order valence-electron chi connectivity index (χ1n) is 3.55. The Bertz CT molecular complexity index is 244. The van der Waals surface area contributed by atoms with E-state index in [2.05, 4.69) is 26.3 Å². The molecule has 0 aromatic carbocycles. The monoisotopic (exact) mass is 233 g/mol. The molecular weight excluding hydrogens is 226 g/mol. The van der Waals surface area contributed by atoms with Crippen LogP contribution in [0.3, 0.4) is 0 Å². The molecule has 1 aliphatic rings. The Morgan fingerprint density at radius 1 is 1.73 bits per heavy atom. The fourth-order valence-corrected chi connectivity index (χ4v) is 2.32. The summed E-state index contributed by atoms with van der Waals surface area (Å²) in [5.74, 6) is 0.539. The minimum Gasteiger partial charge on any atom is -0.381 e. The molecule has 0 bridgehead atoms. The molecule has 1 aromatic heterocycles. The lowest BCUT2D eigenvalue weighted by Crippen LogP contribution is -1.96. The normalized spacial score (nSPS) is 24.3. The average molecular weight is 234 g/mol. The first-order chi connectivity index (χ1) is 5.36. The SMILES string of the molecule is Brc1nc(C2CCOC2)cs1. The van der Waals surface area contributed by atoms with E-state index in [9.17, 15) is 0 Å². The number of hydrogen-bond donors (Lipinski definition) is 0. The summed E-state index contributed by atoms with van der Waals surface area (Å²) in [6.07, 6.45) is 1.12. The van der Waals surface area contributed by atoms with Crippen molar-refractivity contribution < 1.29 is 4.74 Å². The van der Waals surface area contributed by atoms with Crippen LogP contribution < -0.4 is 0 Å². The van der Waals surface area contributed by atoms with Gasteiger partial charge in [0.05, 0.1) is 12.3 Å². The summed E-state index contributed by atoms with van der Waals surface area (Å²) in [6, 6.07) is 0. The van der Waals surface area contributed by atoms with Crippen molar-refractivity contribution in [1.29, 1.82) is 0 Å². The molecule has 0 amide bonds. The van der Waals surface area contributed by atoms with Crippen molar-refractivity contribution in [2.45, 2.75) is 12.3 Å². The van der Waals surface area contributed by atoms with Crippen LogP contribution in [0.25, 0.3) is 0 Å². The van der Waals surface area contributed by atoms with Crippen molar-refractivity contribution in [3.63, 3.8) is 0 Å². The third-order valence-corrected chi connectivity index (χ3v) is 3.23. The Morgan fingerprint density at radius 2 is 2.64 bits per heavy atom. The van der Waals surface area contributed by atoms with E-state index in [4.69, 9.17) is 4.74 Å². The minimum absolute atomic E-state index is 0.539. The summed E-state index contributed by atoms with van der Waals surface area (Å²) in [5.41, 5.74) is 1.18. The van der Waals surface area contributed by atoms with Crippen LogP contribution in [-0.2, 0) is 4.74 Å². The van der Waals surface area contributed by atoms with Gasteiger partial charge in [0.15, 0.2) is 3.92 Å². The van der Waals surface area contributed by atoms with Gasteiger partial charge in [-0.05, 0) is 22.4 Å². The van der Waals surface area contributed by atoms with Gasteiger partial charge >= 0.3 is 0 Å². The molecule has 0 aliphatic carbocycles. The maximum Gasteiger partial charge on any atom is 0.159 e. The number of thiazole rings is 1. The summed E-state index contributed by atoms with van der Waals surface area (Å²) >= 11 is 4.99. The molecule has 0 spiro atoms. The molecule has 1 atom stereocenters. The van der Waals surface area contributed by atoms with E-state index in [1.54, 1.807) is 11.3 Å². The average Bonchev–Trinajstić information content (AvgIpc) is 2.55. The van der Waals surface area contributed by atoms with E-state index >= 15 is 0 Å². The van der Waals surface area contributed by atoms with Crippen LogP contribution in [0.2, 0.25) is 0 Å². The van der Waals surface area contributed by atoms with Gasteiger partial charge < -0.3 is 4.74 Å². The zero-order valence-corrected chi connectivity index (χ0v) is 8.32. The van der Waals surface area contributed by atoms with E-state index in [0.717, 1.165) is 23.6 Å². The van der Waals surface area contributed by atoms with Crippen LogP contribution >= 0.6 is 27.3 Å². The molecule has 11 heavy (non-hydrogen) atoms. The standard InChI is InChI=1S/C7H8BrNOS/c8-7-9-6(4-11-7)5-1-2-10-3-5/h4-5H,1-3H2. The Balaban J connectivity index is 2.15. The van der Waals surface area contributed by atoms with E-state index in [1.807, 2.05) is 0 Å². The Morgan fingerprint density at radius 3 is 3.18 bits per heavy atom. The maximum atomic E-state index is 5.27. The zero-order valence-electron chi connectivity index (χ0n) is 5.92. The fourth-order valence-electron chi connectivity index (χ4n) is 1.22. The number of nitrogens with zero attached hydrogens (tertiary/aromatic N) is 1. The molecule has 0 radical (unpaired) electrons. The van der Waals surface area contributed by atoms with Crippen LogP contribution in [0.4, 0.5) is 0 Å². The van der Waals surface area contributed by atoms with E-state index in [0.29, 0.717) is 5.92 Å². The molecule has 0 saturated carbocycles. The molecule has 1 fully saturated rings. The smallest absolute Gasteiger partial charge is 0.159 e. The number of aromatic nitrogens is 1. The van der Waals surface area contributed by atoms with E-state index in [1.165, 1.54) is 5.69 Å². The van der Waals surface area contributed by atoms with Crippen molar-refractivity contribution in [2.24, 2.45) is 0 Å². The van der Waals surface area contributed by atoms with Crippen molar-refractivity contribution in [1.82, 2.24) is 4.98 Å². The number of ether oxygens (including phenoxy) is 1. The third-order valence-electron chi connectivity index (χ3n) is 1.84. The molecule has 1 unspecified atom stereocenters. The van der Waals surface area contributed by atoms with Crippen LogP contribution in [0.1, 0.15) is 18.0 Å². The second kappa shape index (κ2) is 3.21. The Hall–Kier alpha value is 0.0700. The van der Waals surface area contributed by atoms with Gasteiger partial charge in [-0.1, -0.05) is 0 Å². The quantitative estimate of drug-likeness (QED) is 0.744. The molecule has 1 aromatic rings. The maximum absolute atomic E-state index is 5.27. The van der Waals surface area contributed by atoms with Crippen molar-refractivity contribution >= 4 is 27.3 Å². The lowest BCUT2D eigenvalue weighted by Gasteiger charge is -2.00. The summed E-state index contributed by atoms with van der Waals surface area (Å²) in [5, 5.41) is 2.10. The Kier molecular flexibility index (Phi) is 2.25. The van der Waals surface area contributed by atoms with Gasteiger partial charge in [-0.2, -0.15) is 0 Å². The van der Waals surface area contributed by atoms with E-state index in [-0.39, 0.29) is 0 Å². The van der Waals surface area contributed by atoms with Gasteiger partial charge in [-0.15, -0.1) is 11.3 Å². The lowest BCUT2D eigenvalue weighted by atomic mass is 10.1. The fraction of sp³-hybridized carbons (Fsp3) is 0.571. The van der Waals surface area contributed by atoms with Gasteiger partial charge in [0.2, 0.25) is 0 Å². The largest absolute Gasteiger partial charge is 0.381 e. The van der Waals surface area contributed by atoms with Crippen LogP contribution in [-0.4, -0.2) is 18.2 Å². The molecule has 1 saturated heterocycles. The topological polar surface area (TPSA) is 22.1 Å². The molecule has 60 valence electrons. The second-order valence-electron chi connectivity index (χ2n) is 2.59. The van der Waals surface area contributed by atoms with Crippen molar-refractivity contribution in [3.05, 3.63) is 15.0 Å². The van der Waals surface area contributed by atoms with Gasteiger partial charge in [-0.25, -0.2) is 4.98 Å². The molecule has 0 N–H and O–H groups in total. The highest BCUT2D eigenvalue weighted by Gasteiger charge is 2.19. The first kappa shape index (κ1) is 7.71. The third kappa shape index (κ3) is 1.63. The zero-order chi connectivity index (χ0) is 7.68. The highest BCUT2D eigenvalue weighted by molar-refractivity contribution is 9.11. The highest BCUT2D eigenvalue weighted by atomic mass is 79.9. The van der Waals surface area contributed by atoms with Gasteiger partial charge in [0.1, 0.15) is 0 Å². The molecule has 2 nitrogen and oxygen atoms in total. The van der Waals surface area contributed by atoms with Crippen molar-refractivity contribution in [2.75, 3.05) is 13.2 Å². The highest BCUT2D eigenvalue weighted by Crippen LogP contribution is 2.27. The predicted molar refractivity (Wildman–Crippen MR) is 48.0 cm³/mol. The molecule has 1 aliphatic heterocycles. The Labute approximate surface area is 77.7 Å². The van der Waals surface area contributed by atoms with Gasteiger partial charge in [0, 0.05) is 17.9 Å². The number of hydrogen-bond acceptors (Lipinski definition) is 3. The van der Waals surface area contributed by atoms with Crippen LogP contribution in [0.5, 0.6) is 0 Å².